The summed E-state index contributed by atoms with van der Waals surface area (Å²) in [7, 11) is 1.39. The molecule has 1 unspecified atom stereocenters. The minimum absolute atomic E-state index is 0.0143. The van der Waals surface area contributed by atoms with Crippen molar-refractivity contribution in [2.45, 2.75) is 20.0 Å². The quantitative estimate of drug-likeness (QED) is 0.574. The van der Waals surface area contributed by atoms with Crippen LogP contribution in [0.15, 0.2) is 0 Å². The van der Waals surface area contributed by atoms with E-state index in [0.717, 1.165) is 6.54 Å². The number of hydrogen-bond acceptors (Lipinski definition) is 5. The van der Waals surface area contributed by atoms with Crippen molar-refractivity contribution in [2.75, 3.05) is 39.9 Å². The summed E-state index contributed by atoms with van der Waals surface area (Å²) in [6.45, 7) is 6.75. The Labute approximate surface area is 91.5 Å². The summed E-state index contributed by atoms with van der Waals surface area (Å²) in [6.07, 6.45) is -0.0143. The zero-order chi connectivity index (χ0) is 11.7. The molecule has 15 heavy (non-hydrogen) atoms. The standard InChI is InChI=1S/C10H22N2O3/c1-4-12(8-10(13)14-3)7-9(6-11)15-5-2/h9H,4-8,11H2,1-3H3. The Morgan fingerprint density at radius 2 is 2.13 bits per heavy atom. The SMILES string of the molecule is CCOC(CN)CN(CC)CC(=O)OC. The third-order valence-corrected chi connectivity index (χ3v) is 2.15. The van der Waals surface area contributed by atoms with E-state index in [1.165, 1.54) is 7.11 Å². The Kier molecular flexibility index (Phi) is 8.27. The molecule has 0 saturated heterocycles. The number of hydrogen-bond donors (Lipinski definition) is 1. The van der Waals surface area contributed by atoms with Crippen molar-refractivity contribution >= 4 is 5.97 Å². The Morgan fingerprint density at radius 1 is 1.47 bits per heavy atom. The lowest BCUT2D eigenvalue weighted by Gasteiger charge is -2.24. The van der Waals surface area contributed by atoms with Crippen molar-refractivity contribution in [1.82, 2.24) is 4.90 Å². The third kappa shape index (κ3) is 6.43. The van der Waals surface area contributed by atoms with Gasteiger partial charge in [-0.05, 0) is 13.5 Å². The van der Waals surface area contributed by atoms with Crippen molar-refractivity contribution in [3.05, 3.63) is 0 Å². The molecule has 1 atom stereocenters. The monoisotopic (exact) mass is 218 g/mol. The average Bonchev–Trinajstić information content (AvgIpc) is 2.26. The number of likely N-dealkylation sites (N-methyl/N-ethyl adjacent to an activating group) is 1. The van der Waals surface area contributed by atoms with Crippen LogP contribution in [-0.4, -0.2) is 56.9 Å². The molecule has 0 aliphatic rings. The molecule has 90 valence electrons. The van der Waals surface area contributed by atoms with Gasteiger partial charge in [0.25, 0.3) is 0 Å². The third-order valence-electron chi connectivity index (χ3n) is 2.15. The van der Waals surface area contributed by atoms with Crippen LogP contribution in [0.2, 0.25) is 0 Å². The molecule has 0 saturated carbocycles. The fraction of sp³-hybridized carbons (Fsp3) is 0.900. The summed E-state index contributed by atoms with van der Waals surface area (Å²) in [6, 6.07) is 0. The van der Waals surface area contributed by atoms with Gasteiger partial charge in [-0.2, -0.15) is 0 Å². The van der Waals surface area contributed by atoms with Gasteiger partial charge in [-0.25, -0.2) is 0 Å². The van der Waals surface area contributed by atoms with E-state index in [1.54, 1.807) is 0 Å². The first-order chi connectivity index (χ1) is 7.17. The van der Waals surface area contributed by atoms with Crippen LogP contribution in [0.5, 0.6) is 0 Å². The van der Waals surface area contributed by atoms with Gasteiger partial charge < -0.3 is 15.2 Å². The minimum atomic E-state index is -0.232. The van der Waals surface area contributed by atoms with Crippen LogP contribution in [0.4, 0.5) is 0 Å². The van der Waals surface area contributed by atoms with Gasteiger partial charge in [-0.3, -0.25) is 9.69 Å². The molecule has 0 aliphatic carbocycles. The lowest BCUT2D eigenvalue weighted by atomic mass is 10.3. The lowest BCUT2D eigenvalue weighted by molar-refractivity contribution is -0.142. The minimum Gasteiger partial charge on any atom is -0.468 e. The van der Waals surface area contributed by atoms with Gasteiger partial charge in [0.2, 0.25) is 0 Å². The summed E-state index contributed by atoms with van der Waals surface area (Å²) in [5.74, 6) is -0.232. The molecule has 0 bridgehead atoms. The topological polar surface area (TPSA) is 64.8 Å². The number of nitrogens with two attached hydrogens (primary N) is 1. The normalized spacial score (nSPS) is 12.9. The molecule has 0 aromatic heterocycles. The van der Waals surface area contributed by atoms with Crippen molar-refractivity contribution < 1.29 is 14.3 Å². The Balaban J connectivity index is 3.99. The molecule has 0 amide bonds. The van der Waals surface area contributed by atoms with Crippen molar-refractivity contribution in [1.29, 1.82) is 0 Å². The predicted molar refractivity (Wildman–Crippen MR) is 58.6 cm³/mol. The molecule has 5 nitrogen and oxygen atoms in total. The second kappa shape index (κ2) is 8.64. The number of esters is 1. The van der Waals surface area contributed by atoms with Crippen LogP contribution in [0.25, 0.3) is 0 Å². The second-order valence-corrected chi connectivity index (χ2v) is 3.22. The van der Waals surface area contributed by atoms with Gasteiger partial charge in [0.1, 0.15) is 0 Å². The van der Waals surface area contributed by atoms with Crippen LogP contribution in [0.1, 0.15) is 13.8 Å². The van der Waals surface area contributed by atoms with Gasteiger partial charge in [0.15, 0.2) is 0 Å². The highest BCUT2D eigenvalue weighted by Crippen LogP contribution is 1.97. The number of nitrogens with zero attached hydrogens (tertiary/aromatic N) is 1. The zero-order valence-corrected chi connectivity index (χ0v) is 9.86. The molecule has 0 rings (SSSR count). The van der Waals surface area contributed by atoms with Crippen LogP contribution in [0, 0.1) is 0 Å². The molecule has 2 N–H and O–H groups in total. The summed E-state index contributed by atoms with van der Waals surface area (Å²) in [5, 5.41) is 0. The van der Waals surface area contributed by atoms with Crippen molar-refractivity contribution in [3.8, 4) is 0 Å². The van der Waals surface area contributed by atoms with Crippen LogP contribution < -0.4 is 5.73 Å². The summed E-state index contributed by atoms with van der Waals surface area (Å²) in [5.41, 5.74) is 5.56. The summed E-state index contributed by atoms with van der Waals surface area (Å²) in [4.78, 5) is 13.0. The maximum Gasteiger partial charge on any atom is 0.319 e. The maximum atomic E-state index is 11.1. The molecule has 0 heterocycles. The van der Waals surface area contributed by atoms with Gasteiger partial charge in [0.05, 0.1) is 19.8 Å². The highest BCUT2D eigenvalue weighted by molar-refractivity contribution is 5.71. The Morgan fingerprint density at radius 3 is 2.53 bits per heavy atom. The van der Waals surface area contributed by atoms with Crippen LogP contribution >= 0.6 is 0 Å². The Hall–Kier alpha value is -0.650. The average molecular weight is 218 g/mol. The predicted octanol–water partition coefficient (Wildman–Crippen LogP) is -0.155. The largest absolute Gasteiger partial charge is 0.468 e. The first kappa shape index (κ1) is 14.3. The fourth-order valence-electron chi connectivity index (χ4n) is 1.27. The van der Waals surface area contributed by atoms with Crippen LogP contribution in [-0.2, 0) is 14.3 Å². The summed E-state index contributed by atoms with van der Waals surface area (Å²) >= 11 is 0. The number of carbonyl (C=O) groups is 1. The first-order valence-corrected chi connectivity index (χ1v) is 5.28. The highest BCUT2D eigenvalue weighted by Gasteiger charge is 2.14. The molecule has 0 aromatic carbocycles. The summed E-state index contributed by atoms with van der Waals surface area (Å²) < 4.78 is 10.0. The number of methoxy groups -OCH3 is 1. The van der Waals surface area contributed by atoms with E-state index in [4.69, 9.17) is 10.5 Å². The molecular weight excluding hydrogens is 196 g/mol. The van der Waals surface area contributed by atoms with E-state index in [-0.39, 0.29) is 18.6 Å². The molecule has 0 aliphatic heterocycles. The van der Waals surface area contributed by atoms with Crippen molar-refractivity contribution in [3.63, 3.8) is 0 Å². The van der Waals surface area contributed by atoms with E-state index in [0.29, 0.717) is 19.7 Å². The Bertz CT molecular complexity index is 176. The van der Waals surface area contributed by atoms with E-state index < -0.39 is 0 Å². The molecule has 0 aromatic rings. The van der Waals surface area contributed by atoms with Gasteiger partial charge in [-0.15, -0.1) is 0 Å². The molecular formula is C10H22N2O3. The van der Waals surface area contributed by atoms with Gasteiger partial charge in [-0.1, -0.05) is 6.92 Å². The van der Waals surface area contributed by atoms with Crippen molar-refractivity contribution in [2.24, 2.45) is 5.73 Å². The lowest BCUT2D eigenvalue weighted by Crippen LogP contribution is -2.40. The number of carbonyl (C=O) groups excluding carboxylic acids is 1. The molecule has 0 spiro atoms. The zero-order valence-electron chi connectivity index (χ0n) is 9.86. The van der Waals surface area contributed by atoms with E-state index in [9.17, 15) is 4.79 Å². The number of rotatable bonds is 8. The van der Waals surface area contributed by atoms with E-state index in [1.807, 2.05) is 18.7 Å². The first-order valence-electron chi connectivity index (χ1n) is 5.28. The van der Waals surface area contributed by atoms with E-state index >= 15 is 0 Å². The van der Waals surface area contributed by atoms with E-state index in [2.05, 4.69) is 4.74 Å². The number of ether oxygens (including phenoxy) is 2. The molecule has 0 radical (unpaired) electrons. The van der Waals surface area contributed by atoms with Gasteiger partial charge in [0, 0.05) is 19.7 Å². The highest BCUT2D eigenvalue weighted by atomic mass is 16.5. The molecule has 5 heteroatoms. The van der Waals surface area contributed by atoms with Gasteiger partial charge >= 0.3 is 5.97 Å². The second-order valence-electron chi connectivity index (χ2n) is 3.22. The maximum absolute atomic E-state index is 11.1. The molecule has 0 fully saturated rings. The fourth-order valence-corrected chi connectivity index (χ4v) is 1.27. The van der Waals surface area contributed by atoms with Crippen LogP contribution in [0.3, 0.4) is 0 Å². The smallest absolute Gasteiger partial charge is 0.319 e.